The highest BCUT2D eigenvalue weighted by molar-refractivity contribution is 5.71. The van der Waals surface area contributed by atoms with E-state index in [0.717, 1.165) is 22.5 Å². The number of benzene rings is 1. The Kier molecular flexibility index (Phi) is 3.35. The molecule has 3 rings (SSSR count). The van der Waals surface area contributed by atoms with E-state index in [1.165, 1.54) is 0 Å². The monoisotopic (exact) mass is 268 g/mol. The van der Waals surface area contributed by atoms with Crippen LogP contribution in [0.4, 0.5) is 5.82 Å². The average molecular weight is 268 g/mol. The quantitative estimate of drug-likeness (QED) is 0.761. The van der Waals surface area contributed by atoms with Crippen molar-refractivity contribution in [1.82, 2.24) is 14.6 Å². The zero-order valence-corrected chi connectivity index (χ0v) is 11.2. The van der Waals surface area contributed by atoms with Crippen molar-refractivity contribution < 1.29 is 5.11 Å². The van der Waals surface area contributed by atoms with Crippen molar-refractivity contribution in [2.24, 2.45) is 0 Å². The molecule has 0 aliphatic heterocycles. The molecular weight excluding hydrogens is 252 g/mol. The molecule has 0 aliphatic rings. The van der Waals surface area contributed by atoms with E-state index in [2.05, 4.69) is 15.4 Å². The molecule has 20 heavy (non-hydrogen) atoms. The Morgan fingerprint density at radius 2 is 2.10 bits per heavy atom. The van der Waals surface area contributed by atoms with Crippen LogP contribution >= 0.6 is 0 Å². The van der Waals surface area contributed by atoms with Crippen molar-refractivity contribution >= 4 is 11.3 Å². The molecule has 0 amide bonds. The minimum atomic E-state index is -0.191. The SMILES string of the molecule is Cc1cnn2ccnc(NC(CO)c3ccccc3)c12. The molecule has 1 atom stereocenters. The second-order valence-corrected chi connectivity index (χ2v) is 4.69. The van der Waals surface area contributed by atoms with Gasteiger partial charge in [-0.3, -0.25) is 0 Å². The third-order valence-electron chi connectivity index (χ3n) is 3.31. The van der Waals surface area contributed by atoms with Crippen LogP contribution in [0.1, 0.15) is 17.2 Å². The first-order chi connectivity index (χ1) is 9.79. The zero-order valence-electron chi connectivity index (χ0n) is 11.2. The van der Waals surface area contributed by atoms with E-state index >= 15 is 0 Å². The molecule has 2 aromatic heterocycles. The lowest BCUT2D eigenvalue weighted by Crippen LogP contribution is -2.16. The predicted octanol–water partition coefficient (Wildman–Crippen LogP) is 2.18. The van der Waals surface area contributed by atoms with Gasteiger partial charge < -0.3 is 10.4 Å². The molecule has 0 bridgehead atoms. The number of anilines is 1. The molecule has 0 saturated heterocycles. The number of nitrogens with one attached hydrogen (secondary N) is 1. The molecule has 2 N–H and O–H groups in total. The van der Waals surface area contributed by atoms with E-state index < -0.39 is 0 Å². The summed E-state index contributed by atoms with van der Waals surface area (Å²) in [5.74, 6) is 0.727. The number of aliphatic hydroxyl groups is 1. The van der Waals surface area contributed by atoms with Crippen LogP contribution in [-0.2, 0) is 0 Å². The molecule has 5 heteroatoms. The summed E-state index contributed by atoms with van der Waals surface area (Å²) in [6.07, 6.45) is 5.31. The Bertz CT molecular complexity index is 708. The van der Waals surface area contributed by atoms with Crippen molar-refractivity contribution in [2.45, 2.75) is 13.0 Å². The van der Waals surface area contributed by atoms with E-state index in [1.807, 2.05) is 43.5 Å². The number of rotatable bonds is 4. The molecule has 3 aromatic rings. The van der Waals surface area contributed by atoms with E-state index in [9.17, 15) is 5.11 Å². The standard InChI is InChI=1S/C15H16N4O/c1-11-9-17-19-8-7-16-15(14(11)19)18-13(10-20)12-5-3-2-4-6-12/h2-9,13,20H,10H2,1H3,(H,16,18). The van der Waals surface area contributed by atoms with Gasteiger partial charge in [0.15, 0.2) is 5.82 Å². The smallest absolute Gasteiger partial charge is 0.152 e. The summed E-state index contributed by atoms with van der Waals surface area (Å²) in [7, 11) is 0. The van der Waals surface area contributed by atoms with Crippen LogP contribution < -0.4 is 5.32 Å². The number of aryl methyl sites for hydroxylation is 1. The normalized spacial score (nSPS) is 12.5. The molecule has 0 radical (unpaired) electrons. The first kappa shape index (κ1) is 12.6. The van der Waals surface area contributed by atoms with Gasteiger partial charge in [-0.2, -0.15) is 5.10 Å². The second-order valence-electron chi connectivity index (χ2n) is 4.69. The number of nitrogens with zero attached hydrogens (tertiary/aromatic N) is 3. The van der Waals surface area contributed by atoms with Crippen molar-refractivity contribution in [3.63, 3.8) is 0 Å². The highest BCUT2D eigenvalue weighted by Gasteiger charge is 2.14. The fourth-order valence-corrected chi connectivity index (χ4v) is 2.28. The van der Waals surface area contributed by atoms with Crippen LogP contribution in [0, 0.1) is 6.92 Å². The van der Waals surface area contributed by atoms with Gasteiger partial charge in [0.2, 0.25) is 0 Å². The maximum Gasteiger partial charge on any atom is 0.152 e. The van der Waals surface area contributed by atoms with Crippen molar-refractivity contribution in [2.75, 3.05) is 11.9 Å². The Morgan fingerprint density at radius 3 is 2.85 bits per heavy atom. The maximum atomic E-state index is 9.62. The van der Waals surface area contributed by atoms with Gasteiger partial charge in [-0.05, 0) is 18.1 Å². The molecule has 1 aromatic carbocycles. The van der Waals surface area contributed by atoms with E-state index in [-0.39, 0.29) is 12.6 Å². The van der Waals surface area contributed by atoms with Gasteiger partial charge in [-0.1, -0.05) is 30.3 Å². The molecule has 0 saturated carbocycles. The summed E-state index contributed by atoms with van der Waals surface area (Å²) in [6, 6.07) is 9.64. The number of fused-ring (bicyclic) bond motifs is 1. The largest absolute Gasteiger partial charge is 0.394 e. The lowest BCUT2D eigenvalue weighted by atomic mass is 10.1. The van der Waals surface area contributed by atoms with Gasteiger partial charge in [-0.25, -0.2) is 9.50 Å². The summed E-state index contributed by atoms with van der Waals surface area (Å²) in [5.41, 5.74) is 3.00. The molecular formula is C15H16N4O. The fraction of sp³-hybridized carbons (Fsp3) is 0.200. The van der Waals surface area contributed by atoms with E-state index in [0.29, 0.717) is 0 Å². The van der Waals surface area contributed by atoms with Crippen LogP contribution in [0.25, 0.3) is 5.52 Å². The Hall–Kier alpha value is -2.40. The predicted molar refractivity (Wildman–Crippen MR) is 77.6 cm³/mol. The van der Waals surface area contributed by atoms with Crippen LogP contribution in [-0.4, -0.2) is 26.3 Å². The summed E-state index contributed by atoms with van der Waals surface area (Å²) in [4.78, 5) is 4.37. The Labute approximate surface area is 116 Å². The second kappa shape index (κ2) is 5.30. The Balaban J connectivity index is 1.98. The van der Waals surface area contributed by atoms with Gasteiger partial charge in [-0.15, -0.1) is 0 Å². The average Bonchev–Trinajstić information content (AvgIpc) is 2.88. The topological polar surface area (TPSA) is 62.5 Å². The van der Waals surface area contributed by atoms with Crippen molar-refractivity contribution in [3.8, 4) is 0 Å². The van der Waals surface area contributed by atoms with Gasteiger partial charge >= 0.3 is 0 Å². The van der Waals surface area contributed by atoms with Gasteiger partial charge in [0.25, 0.3) is 0 Å². The lowest BCUT2D eigenvalue weighted by Gasteiger charge is -2.18. The number of hydrogen-bond donors (Lipinski definition) is 2. The third kappa shape index (κ3) is 2.23. The third-order valence-corrected chi connectivity index (χ3v) is 3.31. The van der Waals surface area contributed by atoms with Crippen molar-refractivity contribution in [3.05, 3.63) is 60.0 Å². The molecule has 1 unspecified atom stereocenters. The molecule has 5 nitrogen and oxygen atoms in total. The summed E-state index contributed by atoms with van der Waals surface area (Å²) in [5, 5.41) is 17.2. The lowest BCUT2D eigenvalue weighted by molar-refractivity contribution is 0.276. The van der Waals surface area contributed by atoms with Crippen LogP contribution in [0.5, 0.6) is 0 Å². The molecule has 2 heterocycles. The molecule has 0 fully saturated rings. The Morgan fingerprint density at radius 1 is 1.30 bits per heavy atom. The van der Waals surface area contributed by atoms with Crippen LogP contribution in [0.15, 0.2) is 48.9 Å². The first-order valence-electron chi connectivity index (χ1n) is 6.51. The summed E-state index contributed by atoms with van der Waals surface area (Å²) >= 11 is 0. The highest BCUT2D eigenvalue weighted by atomic mass is 16.3. The molecule has 0 spiro atoms. The van der Waals surface area contributed by atoms with Crippen LogP contribution in [0.3, 0.4) is 0 Å². The summed E-state index contributed by atoms with van der Waals surface area (Å²) < 4.78 is 1.78. The number of aliphatic hydroxyl groups excluding tert-OH is 1. The minimum Gasteiger partial charge on any atom is -0.394 e. The first-order valence-corrected chi connectivity index (χ1v) is 6.51. The van der Waals surface area contributed by atoms with E-state index in [1.54, 1.807) is 16.9 Å². The number of aromatic nitrogens is 3. The molecule has 102 valence electrons. The zero-order chi connectivity index (χ0) is 13.9. The van der Waals surface area contributed by atoms with Crippen LogP contribution in [0.2, 0.25) is 0 Å². The number of hydrogen-bond acceptors (Lipinski definition) is 4. The fourth-order valence-electron chi connectivity index (χ4n) is 2.28. The van der Waals surface area contributed by atoms with Gasteiger partial charge in [0.1, 0.15) is 5.52 Å². The van der Waals surface area contributed by atoms with Gasteiger partial charge in [0, 0.05) is 12.4 Å². The minimum absolute atomic E-state index is 0.0000671. The summed E-state index contributed by atoms with van der Waals surface area (Å²) in [6.45, 7) is 1.99. The maximum absolute atomic E-state index is 9.62. The van der Waals surface area contributed by atoms with Crippen molar-refractivity contribution in [1.29, 1.82) is 0 Å². The highest BCUT2D eigenvalue weighted by Crippen LogP contribution is 2.23. The van der Waals surface area contributed by atoms with Gasteiger partial charge in [0.05, 0.1) is 18.8 Å². The van der Waals surface area contributed by atoms with E-state index in [4.69, 9.17) is 0 Å². The molecule has 0 aliphatic carbocycles.